The van der Waals surface area contributed by atoms with Gasteiger partial charge in [0.25, 0.3) is 0 Å². The van der Waals surface area contributed by atoms with Gasteiger partial charge in [-0.2, -0.15) is 0 Å². The molecule has 0 saturated heterocycles. The largest absolute Gasteiger partial charge is 0.288 e. The summed E-state index contributed by atoms with van der Waals surface area (Å²) in [6.07, 6.45) is 1.44. The van der Waals surface area contributed by atoms with Crippen LogP contribution in [0, 0.1) is 19.7 Å². The van der Waals surface area contributed by atoms with Crippen molar-refractivity contribution in [1.82, 2.24) is 4.98 Å². The van der Waals surface area contributed by atoms with Crippen LogP contribution in [0.3, 0.4) is 0 Å². The van der Waals surface area contributed by atoms with Gasteiger partial charge < -0.3 is 0 Å². The summed E-state index contributed by atoms with van der Waals surface area (Å²) in [5, 5.41) is 0.670. The first kappa shape index (κ1) is 14.7. The van der Waals surface area contributed by atoms with Gasteiger partial charge in [0.05, 0.1) is 16.1 Å². The number of pyridine rings is 1. The Kier molecular flexibility index (Phi) is 3.67. The minimum atomic E-state index is -0.410. The summed E-state index contributed by atoms with van der Waals surface area (Å²) in [4.78, 5) is 16.8. The topological polar surface area (TPSA) is 30.0 Å². The number of rotatable bonds is 2. The van der Waals surface area contributed by atoms with Gasteiger partial charge >= 0.3 is 0 Å². The number of carbonyl (C=O) groups excluding carboxylic acids is 1. The molecular weight excluding hydrogens is 301 g/mol. The Morgan fingerprint density at radius 2 is 1.86 bits per heavy atom. The molecule has 0 atom stereocenters. The van der Waals surface area contributed by atoms with E-state index in [9.17, 15) is 9.18 Å². The molecule has 0 aliphatic rings. The third-order valence-electron chi connectivity index (χ3n) is 3.78. The molecule has 0 fully saturated rings. The van der Waals surface area contributed by atoms with Gasteiger partial charge in [0.2, 0.25) is 0 Å². The summed E-state index contributed by atoms with van der Waals surface area (Å²) in [6, 6.07) is 9.63. The number of aromatic nitrogens is 1. The normalized spacial score (nSPS) is 10.9. The minimum Gasteiger partial charge on any atom is -0.288 e. The highest BCUT2D eigenvalue weighted by Crippen LogP contribution is 2.28. The van der Waals surface area contributed by atoms with Gasteiger partial charge in [-0.3, -0.25) is 9.78 Å². The smallest absolute Gasteiger partial charge is 0.196 e. The highest BCUT2D eigenvalue weighted by Gasteiger charge is 2.16. The van der Waals surface area contributed by atoms with Crippen LogP contribution in [0.4, 0.5) is 4.39 Å². The van der Waals surface area contributed by atoms with Crippen LogP contribution in [0.25, 0.3) is 10.9 Å². The fraction of sp³-hybridized carbons (Fsp3) is 0.111. The second-order valence-corrected chi connectivity index (χ2v) is 5.65. The average Bonchev–Trinajstić information content (AvgIpc) is 2.50. The summed E-state index contributed by atoms with van der Waals surface area (Å²) in [5.41, 5.74) is 3.52. The number of halogens is 2. The monoisotopic (exact) mass is 313 g/mol. The molecule has 2 nitrogen and oxygen atoms in total. The van der Waals surface area contributed by atoms with Gasteiger partial charge in [0, 0.05) is 17.1 Å². The maximum absolute atomic E-state index is 13.4. The SMILES string of the molecule is Cc1ccc(C(=O)c2cnc3ccc(F)cc3c2Cl)cc1C. The molecule has 1 aromatic heterocycles. The summed E-state index contributed by atoms with van der Waals surface area (Å²) in [6.45, 7) is 3.93. The molecule has 3 rings (SSSR count). The molecule has 0 saturated carbocycles. The Bertz CT molecular complexity index is 905. The molecular formula is C18H13ClFNO. The van der Waals surface area contributed by atoms with E-state index in [0.717, 1.165) is 11.1 Å². The summed E-state index contributed by atoms with van der Waals surface area (Å²) < 4.78 is 13.4. The maximum atomic E-state index is 13.4. The van der Waals surface area contributed by atoms with E-state index in [1.165, 1.54) is 18.3 Å². The lowest BCUT2D eigenvalue weighted by atomic mass is 9.99. The molecule has 0 bridgehead atoms. The van der Waals surface area contributed by atoms with Crippen molar-refractivity contribution in [2.24, 2.45) is 0 Å². The summed E-state index contributed by atoms with van der Waals surface area (Å²) in [5.74, 6) is -0.626. The quantitative estimate of drug-likeness (QED) is 0.631. The molecule has 0 aliphatic carbocycles. The van der Waals surface area contributed by atoms with Crippen LogP contribution >= 0.6 is 11.6 Å². The average molecular weight is 314 g/mol. The Balaban J connectivity index is 2.14. The number of hydrogen-bond acceptors (Lipinski definition) is 2. The van der Waals surface area contributed by atoms with Crippen molar-refractivity contribution >= 4 is 28.3 Å². The van der Waals surface area contributed by atoms with Crippen LogP contribution in [-0.2, 0) is 0 Å². The standard InChI is InChI=1S/C18H13ClFNO/c1-10-3-4-12(7-11(10)2)18(22)15-9-21-16-6-5-13(20)8-14(16)17(15)19/h3-9H,1-2H3. The summed E-state index contributed by atoms with van der Waals surface area (Å²) in [7, 11) is 0. The highest BCUT2D eigenvalue weighted by atomic mass is 35.5. The van der Waals surface area contributed by atoms with Crippen LogP contribution in [0.2, 0.25) is 5.02 Å². The Morgan fingerprint density at radius 3 is 2.59 bits per heavy atom. The van der Waals surface area contributed by atoms with Crippen LogP contribution in [0.1, 0.15) is 27.0 Å². The number of hydrogen-bond donors (Lipinski definition) is 0. The number of aryl methyl sites for hydroxylation is 2. The van der Waals surface area contributed by atoms with Gasteiger partial charge in [-0.15, -0.1) is 0 Å². The second kappa shape index (κ2) is 5.50. The number of carbonyl (C=O) groups is 1. The van der Waals surface area contributed by atoms with Crippen molar-refractivity contribution < 1.29 is 9.18 Å². The molecule has 0 N–H and O–H groups in total. The lowest BCUT2D eigenvalue weighted by molar-refractivity contribution is 0.103. The predicted octanol–water partition coefficient (Wildman–Crippen LogP) is 4.88. The second-order valence-electron chi connectivity index (χ2n) is 5.28. The van der Waals surface area contributed by atoms with Gasteiger partial charge in [0.1, 0.15) is 5.82 Å². The molecule has 110 valence electrons. The predicted molar refractivity (Wildman–Crippen MR) is 86.1 cm³/mol. The zero-order chi connectivity index (χ0) is 15.9. The Labute approximate surface area is 132 Å². The first-order valence-corrected chi connectivity index (χ1v) is 7.21. The van der Waals surface area contributed by atoms with Gasteiger partial charge in [-0.25, -0.2) is 4.39 Å². The molecule has 22 heavy (non-hydrogen) atoms. The van der Waals surface area contributed by atoms with Gasteiger partial charge in [-0.05, 0) is 49.2 Å². The first-order chi connectivity index (χ1) is 10.5. The van der Waals surface area contributed by atoms with Gasteiger partial charge in [-0.1, -0.05) is 23.7 Å². The molecule has 0 unspecified atom stereocenters. The van der Waals surface area contributed by atoms with E-state index in [4.69, 9.17) is 11.6 Å². The highest BCUT2D eigenvalue weighted by molar-refractivity contribution is 6.39. The molecule has 1 heterocycles. The first-order valence-electron chi connectivity index (χ1n) is 6.83. The molecule has 0 aliphatic heterocycles. The van der Waals surface area contributed by atoms with E-state index in [1.54, 1.807) is 12.1 Å². The fourth-order valence-electron chi connectivity index (χ4n) is 2.33. The van der Waals surface area contributed by atoms with Gasteiger partial charge in [0.15, 0.2) is 5.78 Å². The van der Waals surface area contributed by atoms with E-state index < -0.39 is 5.82 Å². The third-order valence-corrected chi connectivity index (χ3v) is 4.19. The maximum Gasteiger partial charge on any atom is 0.196 e. The van der Waals surface area contributed by atoms with E-state index in [2.05, 4.69) is 4.98 Å². The van der Waals surface area contributed by atoms with Crippen LogP contribution < -0.4 is 0 Å². The molecule has 0 spiro atoms. The lowest BCUT2D eigenvalue weighted by Crippen LogP contribution is -2.04. The van der Waals surface area contributed by atoms with Crippen molar-refractivity contribution in [2.45, 2.75) is 13.8 Å². The number of fused-ring (bicyclic) bond motifs is 1. The zero-order valence-electron chi connectivity index (χ0n) is 12.2. The van der Waals surface area contributed by atoms with Crippen LogP contribution in [0.5, 0.6) is 0 Å². The van der Waals surface area contributed by atoms with Crippen LogP contribution in [0.15, 0.2) is 42.6 Å². The van der Waals surface area contributed by atoms with Crippen molar-refractivity contribution in [1.29, 1.82) is 0 Å². The van der Waals surface area contributed by atoms with E-state index in [1.807, 2.05) is 26.0 Å². The van der Waals surface area contributed by atoms with Crippen molar-refractivity contribution in [2.75, 3.05) is 0 Å². The third kappa shape index (κ3) is 2.48. The van der Waals surface area contributed by atoms with Crippen molar-refractivity contribution in [3.63, 3.8) is 0 Å². The van der Waals surface area contributed by atoms with E-state index >= 15 is 0 Å². The number of nitrogens with zero attached hydrogens (tertiary/aromatic N) is 1. The summed E-state index contributed by atoms with van der Waals surface area (Å²) >= 11 is 6.30. The van der Waals surface area contributed by atoms with E-state index in [-0.39, 0.29) is 16.4 Å². The van der Waals surface area contributed by atoms with Crippen molar-refractivity contribution in [3.8, 4) is 0 Å². The van der Waals surface area contributed by atoms with Crippen LogP contribution in [-0.4, -0.2) is 10.8 Å². The minimum absolute atomic E-state index is 0.216. The zero-order valence-corrected chi connectivity index (χ0v) is 12.9. The molecule has 2 aromatic carbocycles. The fourth-order valence-corrected chi connectivity index (χ4v) is 2.61. The van der Waals surface area contributed by atoms with Crippen molar-refractivity contribution in [3.05, 3.63) is 75.7 Å². The Morgan fingerprint density at radius 1 is 1.09 bits per heavy atom. The number of benzene rings is 2. The molecule has 0 amide bonds. The molecule has 3 aromatic rings. The van der Waals surface area contributed by atoms with E-state index in [0.29, 0.717) is 16.5 Å². The molecule has 0 radical (unpaired) electrons. The Hall–Kier alpha value is -2.26. The number of ketones is 1. The molecule has 4 heteroatoms. The lowest BCUT2D eigenvalue weighted by Gasteiger charge is -2.08.